The summed E-state index contributed by atoms with van der Waals surface area (Å²) in [5, 5.41) is 0. The molecule has 4 heteroatoms. The summed E-state index contributed by atoms with van der Waals surface area (Å²) in [7, 11) is 1.60. The second-order valence-electron chi connectivity index (χ2n) is 4.81. The number of aromatic nitrogens is 1. The number of amides is 1. The first-order valence-electron chi connectivity index (χ1n) is 6.40. The summed E-state index contributed by atoms with van der Waals surface area (Å²) in [4.78, 5) is 17.2. The van der Waals surface area contributed by atoms with Gasteiger partial charge in [0.25, 0.3) is 0 Å². The first-order chi connectivity index (χ1) is 9.30. The smallest absolute Gasteiger partial charge is 0.334 e. The molecule has 2 heterocycles. The van der Waals surface area contributed by atoms with Gasteiger partial charge in [0.1, 0.15) is 6.54 Å². The number of hydrogen-bond acceptors (Lipinski definition) is 2. The lowest BCUT2D eigenvalue weighted by molar-refractivity contribution is -1.06. The van der Waals surface area contributed by atoms with Gasteiger partial charge in [0.2, 0.25) is 0 Å². The third-order valence-corrected chi connectivity index (χ3v) is 3.91. The lowest BCUT2D eigenvalue weighted by Crippen LogP contribution is -2.54. The minimum absolute atomic E-state index is 0.00593. The molecule has 2 atom stereocenters. The Morgan fingerprint density at radius 3 is 2.74 bits per heavy atom. The van der Waals surface area contributed by atoms with Gasteiger partial charge in [0.15, 0.2) is 6.04 Å². The molecule has 0 bridgehead atoms. The predicted molar refractivity (Wildman–Crippen MR) is 70.9 cm³/mol. The quantitative estimate of drug-likeness (QED) is 0.623. The van der Waals surface area contributed by atoms with Gasteiger partial charge < -0.3 is 4.57 Å². The van der Waals surface area contributed by atoms with E-state index in [1.807, 2.05) is 36.4 Å². The zero-order valence-corrected chi connectivity index (χ0v) is 10.9. The minimum atomic E-state index is -0.104. The van der Waals surface area contributed by atoms with Crippen molar-refractivity contribution in [2.24, 2.45) is 0 Å². The molecule has 0 radical (unpaired) electrons. The molecule has 1 aromatic carbocycles. The number of carbonyl (C=O) groups excluding carboxylic acids is 1. The standard InChI is InChI=1S/C15H17N2O2/c1-19-17(12-18)11-10-16-9-5-8-14(16)15(17)13-6-3-2-4-7-13/h2-9,12,15H,10-11H2,1H3/q+1. The number of benzene rings is 1. The van der Waals surface area contributed by atoms with Crippen molar-refractivity contribution in [2.45, 2.75) is 12.6 Å². The van der Waals surface area contributed by atoms with Gasteiger partial charge in [-0.25, -0.2) is 4.79 Å². The highest BCUT2D eigenvalue weighted by molar-refractivity contribution is 5.41. The SMILES string of the molecule is CO[N+]1(C=O)CCn2cccc2C1c1ccccc1. The molecule has 2 unspecified atom stereocenters. The highest BCUT2D eigenvalue weighted by atomic mass is 16.7. The van der Waals surface area contributed by atoms with E-state index in [0.29, 0.717) is 6.54 Å². The molecular weight excluding hydrogens is 240 g/mol. The van der Waals surface area contributed by atoms with Gasteiger partial charge in [-0.1, -0.05) is 30.3 Å². The van der Waals surface area contributed by atoms with Gasteiger partial charge in [-0.05, 0) is 12.1 Å². The van der Waals surface area contributed by atoms with E-state index >= 15 is 0 Å². The summed E-state index contributed by atoms with van der Waals surface area (Å²) < 4.78 is 2.19. The fourth-order valence-corrected chi connectivity index (χ4v) is 2.91. The van der Waals surface area contributed by atoms with E-state index in [9.17, 15) is 4.79 Å². The molecule has 1 aliphatic rings. The van der Waals surface area contributed by atoms with E-state index in [1.165, 1.54) is 0 Å². The van der Waals surface area contributed by atoms with Crippen LogP contribution in [0.25, 0.3) is 0 Å². The predicted octanol–water partition coefficient (Wildman–Crippen LogP) is 2.13. The highest BCUT2D eigenvalue weighted by Crippen LogP contribution is 2.37. The summed E-state index contributed by atoms with van der Waals surface area (Å²) in [5.41, 5.74) is 2.21. The number of carbonyl (C=O) groups is 1. The van der Waals surface area contributed by atoms with Gasteiger partial charge in [0.05, 0.1) is 19.3 Å². The van der Waals surface area contributed by atoms with Crippen LogP contribution in [0, 0.1) is 0 Å². The number of hydrogen-bond donors (Lipinski definition) is 0. The van der Waals surface area contributed by atoms with E-state index in [-0.39, 0.29) is 10.7 Å². The van der Waals surface area contributed by atoms with Crippen molar-refractivity contribution in [3.05, 3.63) is 59.9 Å². The number of hydroxylamine groups is 3. The molecule has 19 heavy (non-hydrogen) atoms. The lowest BCUT2D eigenvalue weighted by Gasteiger charge is -2.39. The number of fused-ring (bicyclic) bond motifs is 1. The van der Waals surface area contributed by atoms with Crippen LogP contribution in [0.2, 0.25) is 0 Å². The number of nitrogens with zero attached hydrogens (tertiary/aromatic N) is 2. The molecule has 1 amide bonds. The first kappa shape index (κ1) is 12.1. The summed E-state index contributed by atoms with van der Waals surface area (Å²) in [6.45, 7) is 1.43. The van der Waals surface area contributed by atoms with Crippen molar-refractivity contribution in [2.75, 3.05) is 13.7 Å². The lowest BCUT2D eigenvalue weighted by atomic mass is 10.00. The van der Waals surface area contributed by atoms with Gasteiger partial charge in [-0.2, -0.15) is 4.84 Å². The second kappa shape index (κ2) is 4.64. The molecular formula is C15H17N2O2+. The Bertz CT molecular complexity index is 579. The molecule has 0 saturated carbocycles. The van der Waals surface area contributed by atoms with Crippen LogP contribution in [0.5, 0.6) is 0 Å². The summed E-state index contributed by atoms with van der Waals surface area (Å²) in [6.07, 6.45) is 2.97. The third kappa shape index (κ3) is 1.80. The average molecular weight is 257 g/mol. The van der Waals surface area contributed by atoms with Crippen LogP contribution < -0.4 is 0 Å². The Morgan fingerprint density at radius 2 is 2.05 bits per heavy atom. The third-order valence-electron chi connectivity index (χ3n) is 3.91. The van der Waals surface area contributed by atoms with E-state index in [1.54, 1.807) is 7.11 Å². The highest BCUT2D eigenvalue weighted by Gasteiger charge is 2.45. The maximum Gasteiger partial charge on any atom is 0.334 e. The molecule has 2 aromatic rings. The van der Waals surface area contributed by atoms with Crippen LogP contribution in [0.15, 0.2) is 48.7 Å². The Kier molecular flexibility index (Phi) is 2.97. The second-order valence-corrected chi connectivity index (χ2v) is 4.81. The molecule has 0 saturated heterocycles. The van der Waals surface area contributed by atoms with Gasteiger partial charge >= 0.3 is 6.41 Å². The molecule has 98 valence electrons. The Hall–Kier alpha value is -1.91. The molecule has 4 nitrogen and oxygen atoms in total. The maximum atomic E-state index is 11.7. The molecule has 0 N–H and O–H groups in total. The van der Waals surface area contributed by atoms with Crippen molar-refractivity contribution < 1.29 is 14.3 Å². The van der Waals surface area contributed by atoms with Crippen LogP contribution in [0.4, 0.5) is 0 Å². The van der Waals surface area contributed by atoms with Crippen molar-refractivity contribution >= 4 is 6.41 Å². The van der Waals surface area contributed by atoms with Crippen molar-refractivity contribution in [3.63, 3.8) is 0 Å². The fraction of sp³-hybridized carbons (Fsp3) is 0.267. The molecule has 0 fully saturated rings. The van der Waals surface area contributed by atoms with E-state index in [4.69, 9.17) is 4.84 Å². The van der Waals surface area contributed by atoms with E-state index < -0.39 is 0 Å². The molecule has 0 aliphatic carbocycles. The number of rotatable bonds is 3. The monoisotopic (exact) mass is 257 g/mol. The Labute approximate surface area is 112 Å². The van der Waals surface area contributed by atoms with Crippen molar-refractivity contribution in [1.82, 2.24) is 4.57 Å². The van der Waals surface area contributed by atoms with Crippen LogP contribution >= 0.6 is 0 Å². The van der Waals surface area contributed by atoms with Gasteiger partial charge in [-0.3, -0.25) is 0 Å². The molecule has 0 spiro atoms. The summed E-state index contributed by atoms with van der Waals surface area (Å²) in [5.74, 6) is 0. The minimum Gasteiger partial charge on any atom is -0.340 e. The molecule has 1 aliphatic heterocycles. The largest absolute Gasteiger partial charge is 0.340 e. The maximum absolute atomic E-state index is 11.7. The summed E-state index contributed by atoms with van der Waals surface area (Å²) in [6, 6.07) is 14.0. The van der Waals surface area contributed by atoms with Crippen molar-refractivity contribution in [3.8, 4) is 0 Å². The van der Waals surface area contributed by atoms with Gasteiger partial charge in [-0.15, -0.1) is 4.65 Å². The van der Waals surface area contributed by atoms with E-state index in [0.717, 1.165) is 24.2 Å². The normalized spacial score (nSPS) is 25.8. The Balaban J connectivity index is 2.17. The topological polar surface area (TPSA) is 31.2 Å². The number of quaternary nitrogens is 1. The van der Waals surface area contributed by atoms with Crippen LogP contribution in [-0.4, -0.2) is 29.3 Å². The average Bonchev–Trinajstić information content (AvgIpc) is 2.95. The Morgan fingerprint density at radius 1 is 1.26 bits per heavy atom. The first-order valence-corrected chi connectivity index (χ1v) is 6.40. The molecule has 1 aromatic heterocycles. The zero-order chi connectivity index (χ0) is 13.3. The summed E-state index contributed by atoms with van der Waals surface area (Å²) >= 11 is 0. The molecule has 3 rings (SSSR count). The van der Waals surface area contributed by atoms with Crippen LogP contribution in [-0.2, 0) is 16.2 Å². The van der Waals surface area contributed by atoms with E-state index in [2.05, 4.69) is 16.8 Å². The fourth-order valence-electron chi connectivity index (χ4n) is 2.91. The van der Waals surface area contributed by atoms with Crippen LogP contribution in [0.3, 0.4) is 0 Å². The zero-order valence-electron chi connectivity index (χ0n) is 10.9. The van der Waals surface area contributed by atoms with Crippen LogP contribution in [0.1, 0.15) is 17.3 Å². The van der Waals surface area contributed by atoms with Gasteiger partial charge in [0, 0.05) is 11.8 Å². The van der Waals surface area contributed by atoms with Crippen molar-refractivity contribution in [1.29, 1.82) is 0 Å².